The van der Waals surface area contributed by atoms with Crippen LogP contribution in [0.4, 0.5) is 11.4 Å². The van der Waals surface area contributed by atoms with E-state index in [1.165, 1.54) is 0 Å². The second kappa shape index (κ2) is 6.04. The van der Waals surface area contributed by atoms with Crippen LogP contribution in [0.3, 0.4) is 0 Å². The summed E-state index contributed by atoms with van der Waals surface area (Å²) in [6.07, 6.45) is 0. The van der Waals surface area contributed by atoms with Gasteiger partial charge in [-0.25, -0.2) is 0 Å². The predicted molar refractivity (Wildman–Crippen MR) is 87.7 cm³/mol. The van der Waals surface area contributed by atoms with E-state index in [1.54, 1.807) is 24.3 Å². The van der Waals surface area contributed by atoms with Crippen LogP contribution in [-0.4, -0.2) is 5.91 Å². The molecule has 6 heteroatoms. The first-order valence-corrected chi connectivity index (χ1v) is 7.26. The number of hydrogen-bond donors (Lipinski definition) is 2. The third-order valence-electron chi connectivity index (χ3n) is 2.70. The molecule has 3 N–H and O–H groups in total. The molecule has 0 saturated carbocycles. The van der Waals surface area contributed by atoms with Crippen LogP contribution in [0, 0.1) is 6.92 Å². The minimum absolute atomic E-state index is 0.216. The molecule has 0 atom stereocenters. The van der Waals surface area contributed by atoms with Gasteiger partial charge in [0.2, 0.25) is 0 Å². The highest BCUT2D eigenvalue weighted by Gasteiger charge is 2.15. The normalized spacial score (nSPS) is 10.4. The van der Waals surface area contributed by atoms with Crippen LogP contribution in [0.25, 0.3) is 0 Å². The molecule has 20 heavy (non-hydrogen) atoms. The summed E-state index contributed by atoms with van der Waals surface area (Å²) in [7, 11) is 0. The lowest BCUT2D eigenvalue weighted by Gasteiger charge is -2.12. The molecule has 0 fully saturated rings. The van der Waals surface area contributed by atoms with E-state index in [-0.39, 0.29) is 10.9 Å². The Bertz CT molecular complexity index is 666. The average molecular weight is 374 g/mol. The van der Waals surface area contributed by atoms with Crippen molar-refractivity contribution in [3.63, 3.8) is 0 Å². The van der Waals surface area contributed by atoms with Crippen LogP contribution in [0.1, 0.15) is 15.9 Å². The topological polar surface area (TPSA) is 55.1 Å². The summed E-state index contributed by atoms with van der Waals surface area (Å²) in [5.41, 5.74) is 8.19. The molecule has 104 valence electrons. The fourth-order valence-corrected chi connectivity index (χ4v) is 2.84. The average Bonchev–Trinajstić information content (AvgIpc) is 2.36. The maximum absolute atomic E-state index is 12.2. The molecule has 1 amide bonds. The van der Waals surface area contributed by atoms with Crippen molar-refractivity contribution in [2.24, 2.45) is 0 Å². The van der Waals surface area contributed by atoms with Crippen LogP contribution in [-0.2, 0) is 0 Å². The van der Waals surface area contributed by atoms with Gasteiger partial charge in [-0.1, -0.05) is 29.3 Å². The molecule has 2 rings (SSSR count). The Hall–Kier alpha value is -1.23. The van der Waals surface area contributed by atoms with Gasteiger partial charge in [-0.05, 0) is 52.7 Å². The highest BCUT2D eigenvalue weighted by molar-refractivity contribution is 9.10. The molecule has 0 unspecified atom stereocenters. The number of rotatable bonds is 2. The summed E-state index contributed by atoms with van der Waals surface area (Å²) in [6.45, 7) is 1.92. The standard InChI is InChI=1S/C14H11BrCl2N2O/c1-7-5-9(15)13(11(18)6-7)19-14(20)8-3-2-4-10(16)12(8)17/h2-6H,18H2,1H3,(H,19,20). The van der Waals surface area contributed by atoms with E-state index >= 15 is 0 Å². The van der Waals surface area contributed by atoms with E-state index < -0.39 is 0 Å². The van der Waals surface area contributed by atoms with Gasteiger partial charge in [0.1, 0.15) is 0 Å². The van der Waals surface area contributed by atoms with Crippen molar-refractivity contribution in [1.29, 1.82) is 0 Å². The minimum Gasteiger partial charge on any atom is -0.397 e. The number of benzene rings is 2. The number of nitrogen functional groups attached to an aromatic ring is 1. The molecule has 0 heterocycles. The quantitative estimate of drug-likeness (QED) is 0.735. The zero-order valence-electron chi connectivity index (χ0n) is 10.5. The van der Waals surface area contributed by atoms with Crippen LogP contribution in [0.2, 0.25) is 10.0 Å². The second-order valence-corrected chi connectivity index (χ2v) is 5.91. The molecular weight excluding hydrogens is 363 g/mol. The number of carbonyl (C=O) groups is 1. The third kappa shape index (κ3) is 3.08. The lowest BCUT2D eigenvalue weighted by Crippen LogP contribution is -2.14. The maximum Gasteiger partial charge on any atom is 0.257 e. The first kappa shape index (κ1) is 15.2. The number of amides is 1. The molecule has 0 saturated heterocycles. The van der Waals surface area contributed by atoms with Crippen molar-refractivity contribution in [1.82, 2.24) is 0 Å². The molecule has 0 aliphatic carbocycles. The fourth-order valence-electron chi connectivity index (χ4n) is 1.76. The third-order valence-corrected chi connectivity index (χ3v) is 4.14. The maximum atomic E-state index is 12.2. The second-order valence-electron chi connectivity index (χ2n) is 4.27. The van der Waals surface area contributed by atoms with Crippen LogP contribution >= 0.6 is 39.1 Å². The Morgan fingerprint density at radius 3 is 2.65 bits per heavy atom. The highest BCUT2D eigenvalue weighted by atomic mass is 79.9. The summed E-state index contributed by atoms with van der Waals surface area (Å²) in [6, 6.07) is 8.53. The van der Waals surface area contributed by atoms with E-state index in [4.69, 9.17) is 28.9 Å². The molecule has 0 aliphatic rings. The number of nitrogens with two attached hydrogens (primary N) is 1. The SMILES string of the molecule is Cc1cc(N)c(NC(=O)c2cccc(Cl)c2Cl)c(Br)c1. The molecule has 0 aliphatic heterocycles. The Labute approximate surface area is 135 Å². The van der Waals surface area contributed by atoms with Gasteiger partial charge in [0, 0.05) is 4.47 Å². The van der Waals surface area contributed by atoms with Gasteiger partial charge < -0.3 is 11.1 Å². The van der Waals surface area contributed by atoms with Crippen molar-refractivity contribution in [3.8, 4) is 0 Å². The van der Waals surface area contributed by atoms with Gasteiger partial charge in [-0.15, -0.1) is 0 Å². The molecule has 0 spiro atoms. The number of carbonyl (C=O) groups excluding carboxylic acids is 1. The van der Waals surface area contributed by atoms with Gasteiger partial charge in [0.05, 0.1) is 27.0 Å². The monoisotopic (exact) mass is 372 g/mol. The largest absolute Gasteiger partial charge is 0.397 e. The van der Waals surface area contributed by atoms with Crippen molar-refractivity contribution in [2.75, 3.05) is 11.1 Å². The Balaban J connectivity index is 2.36. The molecule has 3 nitrogen and oxygen atoms in total. The minimum atomic E-state index is -0.367. The van der Waals surface area contributed by atoms with E-state index in [0.717, 1.165) is 5.56 Å². The van der Waals surface area contributed by atoms with Gasteiger partial charge in [-0.2, -0.15) is 0 Å². The van der Waals surface area contributed by atoms with Crippen LogP contribution in [0.15, 0.2) is 34.8 Å². The fraction of sp³-hybridized carbons (Fsp3) is 0.0714. The van der Waals surface area contributed by atoms with E-state index in [2.05, 4.69) is 21.2 Å². The Morgan fingerprint density at radius 1 is 1.30 bits per heavy atom. The molecule has 2 aromatic carbocycles. The Morgan fingerprint density at radius 2 is 2.00 bits per heavy atom. The van der Waals surface area contributed by atoms with Crippen molar-refractivity contribution < 1.29 is 4.79 Å². The summed E-state index contributed by atoms with van der Waals surface area (Å²) >= 11 is 15.3. The molecule has 0 aromatic heterocycles. The summed E-state index contributed by atoms with van der Waals surface area (Å²) in [5.74, 6) is -0.367. The van der Waals surface area contributed by atoms with Crippen molar-refractivity contribution in [2.45, 2.75) is 6.92 Å². The smallest absolute Gasteiger partial charge is 0.257 e. The number of nitrogens with one attached hydrogen (secondary N) is 1. The van der Waals surface area contributed by atoms with Crippen molar-refractivity contribution in [3.05, 3.63) is 56.0 Å². The number of aryl methyl sites for hydroxylation is 1. The van der Waals surface area contributed by atoms with E-state index in [9.17, 15) is 4.79 Å². The van der Waals surface area contributed by atoms with Gasteiger partial charge in [-0.3, -0.25) is 4.79 Å². The zero-order valence-corrected chi connectivity index (χ0v) is 13.6. The number of hydrogen-bond acceptors (Lipinski definition) is 2. The molecular formula is C14H11BrCl2N2O. The summed E-state index contributed by atoms with van der Waals surface area (Å²) in [5, 5.41) is 3.28. The predicted octanol–water partition coefficient (Wildman–Crippen LogP) is 4.90. The van der Waals surface area contributed by atoms with Gasteiger partial charge in [0.25, 0.3) is 5.91 Å². The Kier molecular flexibility index (Phi) is 4.58. The molecule has 0 radical (unpaired) electrons. The number of anilines is 2. The first-order chi connectivity index (χ1) is 9.40. The van der Waals surface area contributed by atoms with E-state index in [1.807, 2.05) is 13.0 Å². The molecule has 0 bridgehead atoms. The summed E-state index contributed by atoms with van der Waals surface area (Å²) < 4.78 is 0.710. The van der Waals surface area contributed by atoms with Gasteiger partial charge in [0.15, 0.2) is 0 Å². The lowest BCUT2D eigenvalue weighted by molar-refractivity contribution is 0.102. The van der Waals surface area contributed by atoms with Gasteiger partial charge >= 0.3 is 0 Å². The number of halogens is 3. The van der Waals surface area contributed by atoms with Crippen LogP contribution < -0.4 is 11.1 Å². The van der Waals surface area contributed by atoms with Crippen molar-refractivity contribution >= 4 is 56.4 Å². The highest BCUT2D eigenvalue weighted by Crippen LogP contribution is 2.32. The van der Waals surface area contributed by atoms with Crippen LogP contribution in [0.5, 0.6) is 0 Å². The first-order valence-electron chi connectivity index (χ1n) is 5.71. The summed E-state index contributed by atoms with van der Waals surface area (Å²) in [4.78, 5) is 12.2. The lowest BCUT2D eigenvalue weighted by atomic mass is 10.1. The zero-order chi connectivity index (χ0) is 14.9. The molecule has 2 aromatic rings. The van der Waals surface area contributed by atoms with E-state index in [0.29, 0.717) is 26.4 Å².